The lowest BCUT2D eigenvalue weighted by Crippen LogP contribution is -2.28. The first kappa shape index (κ1) is 35.4. The predicted octanol–water partition coefficient (Wildman–Crippen LogP) is 8.43. The average Bonchev–Trinajstić information content (AvgIpc) is 3.33. The van der Waals surface area contributed by atoms with Gasteiger partial charge in [-0.3, -0.25) is 5.32 Å². The van der Waals surface area contributed by atoms with E-state index in [4.69, 9.17) is 4.74 Å². The Kier molecular flexibility index (Phi) is 11.6. The molecule has 1 unspecified atom stereocenters. The summed E-state index contributed by atoms with van der Waals surface area (Å²) < 4.78 is 5.33. The first-order valence-corrected chi connectivity index (χ1v) is 16.8. The van der Waals surface area contributed by atoms with Crippen molar-refractivity contribution >= 4 is 41.3 Å². The van der Waals surface area contributed by atoms with Crippen molar-refractivity contribution in [1.29, 1.82) is 0 Å². The Bertz CT molecular complexity index is 1890. The zero-order chi connectivity index (χ0) is 35.5. The molecule has 0 heterocycles. The van der Waals surface area contributed by atoms with E-state index in [2.05, 4.69) is 44.9 Å². The van der Waals surface area contributed by atoms with Crippen LogP contribution in [0.2, 0.25) is 0 Å². The molecule has 1 atom stereocenters. The Balaban J connectivity index is 1.08. The van der Waals surface area contributed by atoms with E-state index in [1.54, 1.807) is 48.2 Å². The fraction of sp³-hybridized carbons (Fsp3) is 0.154. The monoisotopic (exact) mass is 688 g/mol. The third kappa shape index (κ3) is 11.1. The van der Waals surface area contributed by atoms with Gasteiger partial charge in [0.1, 0.15) is 5.75 Å². The Morgan fingerprint density at radius 1 is 0.620 bits per heavy atom. The molecule has 0 saturated carbocycles. The van der Waals surface area contributed by atoms with Crippen LogP contribution in [0.1, 0.15) is 20.8 Å². The van der Waals surface area contributed by atoms with Crippen LogP contribution in [0.3, 0.4) is 0 Å². The van der Waals surface area contributed by atoms with Crippen LogP contribution in [-0.4, -0.2) is 25.2 Å². The number of allylic oxidation sites excluding steroid dienone is 8. The summed E-state index contributed by atoms with van der Waals surface area (Å²) in [4.78, 5) is 39.8. The van der Waals surface area contributed by atoms with E-state index in [1.807, 2.05) is 106 Å². The maximum atomic E-state index is 12.9. The van der Waals surface area contributed by atoms with Crippen molar-refractivity contribution in [3.05, 3.63) is 150 Å². The SMILES string of the molecule is CNC1=CC(C)C=C(NC(=O)Nc2ccc(Sc3ccc(NC(=O)NC4=CC(C)(C)C=C(NC(=O)Oc5ccccc5)C=C4)cc3)cc2)C=C1. The van der Waals surface area contributed by atoms with Gasteiger partial charge in [0.05, 0.1) is 0 Å². The van der Waals surface area contributed by atoms with Crippen molar-refractivity contribution in [2.75, 3.05) is 17.7 Å². The first-order valence-electron chi connectivity index (χ1n) is 16.0. The number of para-hydroxylation sites is 1. The van der Waals surface area contributed by atoms with Crippen molar-refractivity contribution in [2.45, 2.75) is 30.6 Å². The number of likely N-dealkylation sites (N-methyl/N-ethyl adjacent to an activating group) is 1. The van der Waals surface area contributed by atoms with Crippen LogP contribution < -0.4 is 36.6 Å². The van der Waals surface area contributed by atoms with Crippen molar-refractivity contribution in [2.24, 2.45) is 11.3 Å². The maximum Gasteiger partial charge on any atom is 0.417 e. The molecule has 2 aliphatic rings. The van der Waals surface area contributed by atoms with Crippen molar-refractivity contribution < 1.29 is 19.1 Å². The summed E-state index contributed by atoms with van der Waals surface area (Å²) in [6.45, 7) is 5.99. The molecule has 256 valence electrons. The number of nitrogens with one attached hydrogen (secondary N) is 6. The van der Waals surface area contributed by atoms with E-state index < -0.39 is 17.5 Å². The minimum absolute atomic E-state index is 0.173. The van der Waals surface area contributed by atoms with E-state index in [-0.39, 0.29) is 11.9 Å². The van der Waals surface area contributed by atoms with Crippen LogP contribution in [0.25, 0.3) is 0 Å². The van der Waals surface area contributed by atoms with Crippen LogP contribution in [0, 0.1) is 11.3 Å². The smallest absolute Gasteiger partial charge is 0.410 e. The molecule has 0 saturated heterocycles. The number of anilines is 2. The molecule has 2 aliphatic carbocycles. The van der Waals surface area contributed by atoms with Crippen LogP contribution >= 0.6 is 11.8 Å². The largest absolute Gasteiger partial charge is 0.417 e. The summed E-state index contributed by atoms with van der Waals surface area (Å²) in [6, 6.07) is 23.2. The Morgan fingerprint density at radius 3 is 1.66 bits per heavy atom. The second kappa shape index (κ2) is 16.4. The highest BCUT2D eigenvalue weighted by molar-refractivity contribution is 7.99. The highest BCUT2D eigenvalue weighted by Crippen LogP contribution is 2.30. The van der Waals surface area contributed by atoms with Crippen LogP contribution in [0.15, 0.2) is 160 Å². The molecule has 0 bridgehead atoms. The number of benzene rings is 3. The molecule has 6 N–H and O–H groups in total. The maximum absolute atomic E-state index is 12.9. The molecule has 5 rings (SSSR count). The molecule has 0 spiro atoms. The number of rotatable bonds is 9. The lowest BCUT2D eigenvalue weighted by Gasteiger charge is -2.17. The highest BCUT2D eigenvalue weighted by atomic mass is 32.2. The summed E-state index contributed by atoms with van der Waals surface area (Å²) in [5.74, 6) is 0.612. The zero-order valence-corrected chi connectivity index (χ0v) is 29.1. The molecular formula is C39H40N6O4S. The number of amides is 5. The molecule has 5 amide bonds. The summed E-state index contributed by atoms with van der Waals surface area (Å²) >= 11 is 1.56. The fourth-order valence-electron chi connectivity index (χ4n) is 5.10. The lowest BCUT2D eigenvalue weighted by molar-refractivity contribution is 0.203. The third-order valence-electron chi connectivity index (χ3n) is 7.29. The van der Waals surface area contributed by atoms with Gasteiger partial charge in [0, 0.05) is 56.4 Å². The Hall–Kier alpha value is -5.94. The number of hydrogen-bond acceptors (Lipinski definition) is 6. The van der Waals surface area contributed by atoms with Gasteiger partial charge in [-0.15, -0.1) is 0 Å². The molecule has 3 aromatic rings. The van der Waals surface area contributed by atoms with Gasteiger partial charge in [0.15, 0.2) is 0 Å². The minimum atomic E-state index is -0.606. The van der Waals surface area contributed by atoms with E-state index in [0.717, 1.165) is 21.2 Å². The highest BCUT2D eigenvalue weighted by Gasteiger charge is 2.19. The molecule has 0 aliphatic heterocycles. The predicted molar refractivity (Wildman–Crippen MR) is 200 cm³/mol. The van der Waals surface area contributed by atoms with Crippen molar-refractivity contribution in [3.63, 3.8) is 0 Å². The second-order valence-corrected chi connectivity index (χ2v) is 13.3. The van der Waals surface area contributed by atoms with E-state index in [9.17, 15) is 14.4 Å². The number of ether oxygens (including phenoxy) is 1. The standard InChI is InChI=1S/C39H40N6O4S/c1-26-22-29(40-4)10-11-30(23-26)43-36(46)41-27-14-18-34(19-15-27)50-35-20-16-28(17-21-35)42-37(47)44-31-12-13-32(25-39(2,3)24-31)45-38(48)49-33-8-6-5-7-9-33/h5-26,40H,1-4H3,(H,45,48)(H2,41,43,46)(H2,42,44,47). The van der Waals surface area contributed by atoms with Crippen molar-refractivity contribution in [3.8, 4) is 5.75 Å². The fourth-order valence-corrected chi connectivity index (χ4v) is 5.92. The van der Waals surface area contributed by atoms with Gasteiger partial charge in [-0.1, -0.05) is 75.0 Å². The Labute approximate surface area is 296 Å². The van der Waals surface area contributed by atoms with Gasteiger partial charge in [-0.2, -0.15) is 0 Å². The van der Waals surface area contributed by atoms with Crippen LogP contribution in [-0.2, 0) is 0 Å². The number of carbonyl (C=O) groups is 3. The molecule has 11 heteroatoms. The summed E-state index contributed by atoms with van der Waals surface area (Å²) in [7, 11) is 1.87. The summed E-state index contributed by atoms with van der Waals surface area (Å²) in [5.41, 5.74) is 3.68. The van der Waals surface area contributed by atoms with E-state index >= 15 is 0 Å². The molecule has 0 fully saturated rings. The van der Waals surface area contributed by atoms with Crippen molar-refractivity contribution in [1.82, 2.24) is 21.3 Å². The second-order valence-electron chi connectivity index (χ2n) is 12.2. The zero-order valence-electron chi connectivity index (χ0n) is 28.2. The van der Waals surface area contributed by atoms with E-state index in [0.29, 0.717) is 28.5 Å². The molecule has 50 heavy (non-hydrogen) atoms. The molecule has 0 radical (unpaired) electrons. The molecule has 10 nitrogen and oxygen atoms in total. The van der Waals surface area contributed by atoms with Gasteiger partial charge in [0.2, 0.25) is 0 Å². The third-order valence-corrected chi connectivity index (χ3v) is 8.31. The normalized spacial score (nSPS) is 16.2. The summed E-state index contributed by atoms with van der Waals surface area (Å²) in [5, 5.41) is 17.4. The number of urea groups is 2. The van der Waals surface area contributed by atoms with Gasteiger partial charge in [-0.25, -0.2) is 14.4 Å². The number of hydrogen-bond donors (Lipinski definition) is 6. The quantitative estimate of drug-likeness (QED) is 0.134. The first-order chi connectivity index (χ1) is 24.0. The Morgan fingerprint density at radius 2 is 1.10 bits per heavy atom. The average molecular weight is 689 g/mol. The van der Waals surface area contributed by atoms with Gasteiger partial charge in [0.25, 0.3) is 0 Å². The molecule has 0 aromatic heterocycles. The molecule has 3 aromatic carbocycles. The van der Waals surface area contributed by atoms with Gasteiger partial charge >= 0.3 is 18.2 Å². The lowest BCUT2D eigenvalue weighted by atomic mass is 9.92. The van der Waals surface area contributed by atoms with Crippen LogP contribution in [0.4, 0.5) is 25.8 Å². The topological polar surface area (TPSA) is 133 Å². The van der Waals surface area contributed by atoms with Gasteiger partial charge < -0.3 is 31.3 Å². The number of carbonyl (C=O) groups excluding carboxylic acids is 3. The van der Waals surface area contributed by atoms with Gasteiger partial charge in [-0.05, 0) is 90.9 Å². The van der Waals surface area contributed by atoms with Crippen LogP contribution in [0.5, 0.6) is 5.75 Å². The summed E-state index contributed by atoms with van der Waals surface area (Å²) in [6.07, 6.45) is 14.5. The molecular weight excluding hydrogens is 649 g/mol. The van der Waals surface area contributed by atoms with E-state index in [1.165, 1.54) is 0 Å². The minimum Gasteiger partial charge on any atom is -0.410 e.